The Balaban J connectivity index is 1.61. The Bertz CT molecular complexity index is 833. The van der Waals surface area contributed by atoms with Crippen LogP contribution in [0.15, 0.2) is 36.4 Å². The molecule has 0 aliphatic carbocycles. The Labute approximate surface area is 140 Å². The lowest BCUT2D eigenvalue weighted by Crippen LogP contribution is -2.36. The van der Waals surface area contributed by atoms with Gasteiger partial charge in [-0.3, -0.25) is 4.79 Å². The minimum absolute atomic E-state index is 0.0147. The van der Waals surface area contributed by atoms with Gasteiger partial charge >= 0.3 is 0 Å². The van der Waals surface area contributed by atoms with Crippen molar-refractivity contribution in [2.24, 2.45) is 0 Å². The molecule has 0 bridgehead atoms. The molecule has 1 aliphatic heterocycles. The van der Waals surface area contributed by atoms with Crippen molar-refractivity contribution >= 4 is 27.2 Å². The summed E-state index contributed by atoms with van der Waals surface area (Å²) in [5, 5.41) is 13.7. The smallest absolute Gasteiger partial charge is 0.272 e. The Kier molecular flexibility index (Phi) is 4.48. The van der Waals surface area contributed by atoms with Crippen LogP contribution < -0.4 is 10.6 Å². The molecule has 1 amide bonds. The number of sulfone groups is 1. The van der Waals surface area contributed by atoms with Crippen molar-refractivity contribution in [1.29, 1.82) is 0 Å². The molecular formula is C16H18N4O3S. The number of carbonyl (C=O) groups is 1. The maximum absolute atomic E-state index is 12.1. The van der Waals surface area contributed by atoms with E-state index < -0.39 is 15.7 Å². The first-order valence-electron chi connectivity index (χ1n) is 7.60. The molecule has 1 saturated heterocycles. The number of anilines is 2. The minimum atomic E-state index is -3.03. The summed E-state index contributed by atoms with van der Waals surface area (Å²) in [6.45, 7) is 2.01. The molecule has 0 saturated carbocycles. The van der Waals surface area contributed by atoms with Gasteiger partial charge in [-0.2, -0.15) is 0 Å². The average molecular weight is 346 g/mol. The molecule has 0 radical (unpaired) electrons. The van der Waals surface area contributed by atoms with E-state index in [1.54, 1.807) is 12.1 Å². The summed E-state index contributed by atoms with van der Waals surface area (Å²) in [6.07, 6.45) is 0.439. The van der Waals surface area contributed by atoms with Crippen LogP contribution in [0.3, 0.4) is 0 Å². The van der Waals surface area contributed by atoms with Crippen LogP contribution in [0.2, 0.25) is 0 Å². The molecule has 0 spiro atoms. The second-order valence-electron chi connectivity index (χ2n) is 5.87. The van der Waals surface area contributed by atoms with Crippen molar-refractivity contribution in [2.45, 2.75) is 19.4 Å². The predicted octanol–water partition coefficient (Wildman–Crippen LogP) is 1.45. The van der Waals surface area contributed by atoms with Crippen molar-refractivity contribution in [3.63, 3.8) is 0 Å². The van der Waals surface area contributed by atoms with E-state index in [0.29, 0.717) is 12.2 Å². The van der Waals surface area contributed by atoms with Crippen LogP contribution in [0.5, 0.6) is 0 Å². The van der Waals surface area contributed by atoms with Gasteiger partial charge in [0.2, 0.25) is 0 Å². The molecular weight excluding hydrogens is 328 g/mol. The summed E-state index contributed by atoms with van der Waals surface area (Å²) < 4.78 is 22.8. The third kappa shape index (κ3) is 4.08. The summed E-state index contributed by atoms with van der Waals surface area (Å²) in [4.78, 5) is 12.1. The average Bonchev–Trinajstić information content (AvgIpc) is 2.89. The van der Waals surface area contributed by atoms with Gasteiger partial charge in [0.1, 0.15) is 0 Å². The fourth-order valence-electron chi connectivity index (χ4n) is 2.47. The highest BCUT2D eigenvalue weighted by Gasteiger charge is 2.29. The van der Waals surface area contributed by atoms with Crippen LogP contribution in [0.1, 0.15) is 22.5 Å². The van der Waals surface area contributed by atoms with E-state index in [4.69, 9.17) is 0 Å². The van der Waals surface area contributed by atoms with E-state index in [9.17, 15) is 13.2 Å². The number of rotatable bonds is 4. The molecule has 2 heterocycles. The van der Waals surface area contributed by atoms with Crippen molar-refractivity contribution in [2.75, 3.05) is 16.8 Å². The van der Waals surface area contributed by atoms with E-state index in [-0.39, 0.29) is 23.2 Å². The van der Waals surface area contributed by atoms with Crippen LogP contribution in [0.4, 0.5) is 11.5 Å². The lowest BCUT2D eigenvalue weighted by atomic mass is 10.2. The first-order valence-corrected chi connectivity index (χ1v) is 9.42. The quantitative estimate of drug-likeness (QED) is 0.869. The zero-order valence-corrected chi connectivity index (χ0v) is 14.0. The molecule has 1 aromatic heterocycles. The van der Waals surface area contributed by atoms with E-state index in [2.05, 4.69) is 20.8 Å². The number of carbonyl (C=O) groups excluding carboxylic acids is 1. The summed E-state index contributed by atoms with van der Waals surface area (Å²) >= 11 is 0. The van der Waals surface area contributed by atoms with Gasteiger partial charge in [0.15, 0.2) is 21.3 Å². The zero-order valence-electron chi connectivity index (χ0n) is 13.2. The molecule has 8 heteroatoms. The standard InChI is InChI=1S/C16H18N4O3S/c1-11-2-4-12(5-3-11)17-15-7-6-14(19-20-15)16(21)18-13-8-9-24(22,23)10-13/h2-7,13H,8-10H2,1H3,(H,17,20)(H,18,21). The maximum Gasteiger partial charge on any atom is 0.272 e. The van der Waals surface area contributed by atoms with Gasteiger partial charge in [-0.25, -0.2) is 8.42 Å². The molecule has 7 nitrogen and oxygen atoms in total. The molecule has 1 fully saturated rings. The second kappa shape index (κ2) is 6.56. The van der Waals surface area contributed by atoms with Crippen LogP contribution in [0, 0.1) is 6.92 Å². The Morgan fingerprint density at radius 2 is 1.88 bits per heavy atom. The lowest BCUT2D eigenvalue weighted by Gasteiger charge is -2.10. The topological polar surface area (TPSA) is 101 Å². The van der Waals surface area contributed by atoms with Gasteiger partial charge in [-0.15, -0.1) is 10.2 Å². The largest absolute Gasteiger partial charge is 0.347 e. The van der Waals surface area contributed by atoms with Crippen molar-refractivity contribution in [1.82, 2.24) is 15.5 Å². The molecule has 1 atom stereocenters. The first kappa shape index (κ1) is 16.4. The monoisotopic (exact) mass is 346 g/mol. The fourth-order valence-corrected chi connectivity index (χ4v) is 4.15. The highest BCUT2D eigenvalue weighted by atomic mass is 32.2. The molecule has 126 valence electrons. The van der Waals surface area contributed by atoms with Crippen molar-refractivity contribution < 1.29 is 13.2 Å². The third-order valence-corrected chi connectivity index (χ3v) is 5.56. The number of aryl methyl sites for hydroxylation is 1. The number of benzene rings is 1. The van der Waals surface area contributed by atoms with Crippen LogP contribution in [0.25, 0.3) is 0 Å². The number of nitrogens with zero attached hydrogens (tertiary/aromatic N) is 2. The second-order valence-corrected chi connectivity index (χ2v) is 8.10. The molecule has 1 aliphatic rings. The van der Waals surface area contributed by atoms with Gasteiger partial charge in [0.05, 0.1) is 11.5 Å². The van der Waals surface area contributed by atoms with Crippen molar-refractivity contribution in [3.05, 3.63) is 47.7 Å². The number of amides is 1. The molecule has 3 rings (SSSR count). The Morgan fingerprint density at radius 3 is 2.46 bits per heavy atom. The van der Waals surface area contributed by atoms with Gasteiger partial charge in [0.25, 0.3) is 5.91 Å². The highest BCUT2D eigenvalue weighted by Crippen LogP contribution is 2.15. The predicted molar refractivity (Wildman–Crippen MR) is 91.0 cm³/mol. The third-order valence-electron chi connectivity index (χ3n) is 3.79. The highest BCUT2D eigenvalue weighted by molar-refractivity contribution is 7.91. The van der Waals surface area contributed by atoms with Gasteiger partial charge in [0, 0.05) is 11.7 Å². The fraction of sp³-hybridized carbons (Fsp3) is 0.312. The summed E-state index contributed by atoms with van der Waals surface area (Å²) in [5.41, 5.74) is 2.20. The SMILES string of the molecule is Cc1ccc(Nc2ccc(C(=O)NC3CCS(=O)(=O)C3)nn2)cc1. The van der Waals surface area contributed by atoms with Crippen LogP contribution in [-0.2, 0) is 9.84 Å². The van der Waals surface area contributed by atoms with Gasteiger partial charge in [-0.1, -0.05) is 17.7 Å². The number of hydrogen-bond acceptors (Lipinski definition) is 6. The molecule has 24 heavy (non-hydrogen) atoms. The summed E-state index contributed by atoms with van der Waals surface area (Å²) in [5.74, 6) is 0.216. The number of nitrogens with one attached hydrogen (secondary N) is 2. The van der Waals surface area contributed by atoms with E-state index in [0.717, 1.165) is 11.3 Å². The first-order chi connectivity index (χ1) is 11.4. The van der Waals surface area contributed by atoms with E-state index in [1.807, 2.05) is 31.2 Å². The normalized spacial score (nSPS) is 19.0. The molecule has 1 aromatic carbocycles. The number of hydrogen-bond donors (Lipinski definition) is 2. The molecule has 1 unspecified atom stereocenters. The Hall–Kier alpha value is -2.48. The minimum Gasteiger partial charge on any atom is -0.347 e. The zero-order chi connectivity index (χ0) is 17.2. The Morgan fingerprint density at radius 1 is 1.12 bits per heavy atom. The van der Waals surface area contributed by atoms with Crippen molar-refractivity contribution in [3.8, 4) is 0 Å². The van der Waals surface area contributed by atoms with Crippen LogP contribution in [-0.4, -0.2) is 42.1 Å². The van der Waals surface area contributed by atoms with E-state index >= 15 is 0 Å². The molecule has 2 N–H and O–H groups in total. The molecule has 2 aromatic rings. The summed E-state index contributed by atoms with van der Waals surface area (Å²) in [6, 6.07) is 10.7. The number of aromatic nitrogens is 2. The van der Waals surface area contributed by atoms with E-state index in [1.165, 1.54) is 0 Å². The van der Waals surface area contributed by atoms with Crippen LogP contribution >= 0.6 is 0 Å². The van der Waals surface area contributed by atoms with Gasteiger partial charge in [-0.05, 0) is 37.6 Å². The summed E-state index contributed by atoms with van der Waals surface area (Å²) in [7, 11) is -3.03. The lowest BCUT2D eigenvalue weighted by molar-refractivity contribution is 0.0935. The maximum atomic E-state index is 12.1. The van der Waals surface area contributed by atoms with Gasteiger partial charge < -0.3 is 10.6 Å².